The summed E-state index contributed by atoms with van der Waals surface area (Å²) in [6, 6.07) is 3.21. The molecule has 3 amide bonds. The monoisotopic (exact) mass is 426 g/mol. The Kier molecular flexibility index (Phi) is 6.26. The van der Waals surface area contributed by atoms with Crippen LogP contribution in [0.25, 0.3) is 0 Å². The number of sulfonamides is 1. The molecule has 2 aliphatic heterocycles. The molecule has 142 valence electrons. The number of hydrogen-bond donors (Lipinski definition) is 2. The van der Waals surface area contributed by atoms with Gasteiger partial charge in [-0.1, -0.05) is 12.1 Å². The number of nitrogens with zero attached hydrogens (tertiary/aromatic N) is 2. The molecule has 14 heteroatoms. The number of fused-ring (bicyclic) bond motifs is 1. The van der Waals surface area contributed by atoms with Gasteiger partial charge in [0.15, 0.2) is 10.3 Å². The van der Waals surface area contributed by atoms with Crippen LogP contribution in [0.5, 0.6) is 0 Å². The summed E-state index contributed by atoms with van der Waals surface area (Å²) < 4.78 is 55.7. The number of likely N-dealkylation sites (tertiary alicyclic amines) is 1. The number of amides is 3. The van der Waals surface area contributed by atoms with Crippen molar-refractivity contribution in [1.82, 2.24) is 14.5 Å². The van der Waals surface area contributed by atoms with Gasteiger partial charge in [-0.25, -0.2) is 31.1 Å². The maximum atomic E-state index is 12.2. The summed E-state index contributed by atoms with van der Waals surface area (Å²) >= 11 is 0. The van der Waals surface area contributed by atoms with Gasteiger partial charge in [-0.15, -0.1) is 0 Å². The van der Waals surface area contributed by atoms with Gasteiger partial charge in [0.05, 0.1) is 10.9 Å². The van der Waals surface area contributed by atoms with Crippen LogP contribution in [0.4, 0.5) is 4.79 Å². The van der Waals surface area contributed by atoms with Crippen molar-refractivity contribution in [2.75, 3.05) is 6.54 Å². The van der Waals surface area contributed by atoms with Crippen molar-refractivity contribution >= 4 is 32.3 Å². The summed E-state index contributed by atoms with van der Waals surface area (Å²) in [6.07, 6.45) is 0.203. The number of carbonyl (C=O) groups is 2. The van der Waals surface area contributed by atoms with Gasteiger partial charge in [-0.05, 0) is 24.1 Å². The molecule has 2 fully saturated rings. The summed E-state index contributed by atoms with van der Waals surface area (Å²) in [5, 5.41) is 7.56. The molecule has 1 aromatic carbocycles. The normalized spacial score (nSPS) is 21.9. The third-order valence-electron chi connectivity index (χ3n) is 4.33. The van der Waals surface area contributed by atoms with E-state index in [0.29, 0.717) is 5.56 Å². The standard InChI is InChI=1S/C13H16N4O7S2.Na/c14-25(20,21)9-3-1-8(2-4-9)7-15-13(19)16-6-5-10-11(16)12(18)17(10)26(22,23)24;/h1-4,10-11H,5-7H2,(H,15,19)(H2,14,20,21)(H,22,23,24);/q;+1/p-1/t10-,11+;/m1./s1. The summed E-state index contributed by atoms with van der Waals surface area (Å²) in [5.74, 6) is -0.907. The average molecular weight is 426 g/mol. The maximum Gasteiger partial charge on any atom is 1.00 e. The largest absolute Gasteiger partial charge is 1.00 e. The van der Waals surface area contributed by atoms with E-state index in [-0.39, 0.29) is 58.3 Å². The van der Waals surface area contributed by atoms with E-state index < -0.39 is 44.3 Å². The van der Waals surface area contributed by atoms with E-state index in [1.165, 1.54) is 29.2 Å². The van der Waals surface area contributed by atoms with Gasteiger partial charge >= 0.3 is 35.6 Å². The van der Waals surface area contributed by atoms with E-state index in [1.54, 1.807) is 0 Å². The van der Waals surface area contributed by atoms with Crippen molar-refractivity contribution in [3.05, 3.63) is 29.8 Å². The number of benzene rings is 1. The zero-order valence-corrected chi connectivity index (χ0v) is 17.9. The molecule has 27 heavy (non-hydrogen) atoms. The van der Waals surface area contributed by atoms with Gasteiger partial charge in [0, 0.05) is 13.1 Å². The van der Waals surface area contributed by atoms with Crippen LogP contribution in [-0.2, 0) is 31.7 Å². The number of rotatable bonds is 4. The first-order valence-electron chi connectivity index (χ1n) is 7.45. The quantitative estimate of drug-likeness (QED) is 0.277. The zero-order chi connectivity index (χ0) is 19.3. The van der Waals surface area contributed by atoms with E-state index >= 15 is 0 Å². The Labute approximate surface area is 178 Å². The SMILES string of the molecule is NS(=O)(=O)c1ccc(CNC(=O)N2CC[C@@H]3[C@H]2C(=O)N3S(=O)(=O)[O-])cc1.[Na+]. The Bertz CT molecular complexity index is 965. The summed E-state index contributed by atoms with van der Waals surface area (Å²) in [7, 11) is -8.68. The fraction of sp³-hybridized carbons (Fsp3) is 0.385. The molecule has 0 saturated carbocycles. The minimum absolute atomic E-state index is 0. The van der Waals surface area contributed by atoms with Crippen LogP contribution in [0.2, 0.25) is 0 Å². The second kappa shape index (κ2) is 7.66. The Morgan fingerprint density at radius 3 is 2.33 bits per heavy atom. The topological polar surface area (TPSA) is 170 Å². The fourth-order valence-electron chi connectivity index (χ4n) is 3.11. The van der Waals surface area contributed by atoms with Crippen LogP contribution in [0.3, 0.4) is 0 Å². The molecule has 0 radical (unpaired) electrons. The van der Waals surface area contributed by atoms with Gasteiger partial charge in [-0.3, -0.25) is 4.79 Å². The van der Waals surface area contributed by atoms with E-state index in [2.05, 4.69) is 5.32 Å². The molecule has 0 unspecified atom stereocenters. The minimum atomic E-state index is -4.87. The molecular formula is C13H15N4NaO7S2. The Hall–Kier alpha value is -1.22. The number of carbonyl (C=O) groups excluding carboxylic acids is 2. The van der Waals surface area contributed by atoms with Gasteiger partial charge < -0.3 is 14.8 Å². The minimum Gasteiger partial charge on any atom is -0.731 e. The smallest absolute Gasteiger partial charge is 0.731 e. The van der Waals surface area contributed by atoms with Crippen LogP contribution in [-0.4, -0.2) is 61.2 Å². The molecule has 0 bridgehead atoms. The van der Waals surface area contributed by atoms with E-state index in [9.17, 15) is 31.0 Å². The molecule has 0 aliphatic carbocycles. The average Bonchev–Trinajstić information content (AvgIpc) is 2.89. The molecule has 0 aromatic heterocycles. The predicted octanol–water partition coefficient (Wildman–Crippen LogP) is -4.71. The van der Waals surface area contributed by atoms with Gasteiger partial charge in [0.1, 0.15) is 6.04 Å². The number of primary sulfonamides is 1. The van der Waals surface area contributed by atoms with E-state index in [4.69, 9.17) is 5.14 Å². The van der Waals surface area contributed by atoms with Crippen LogP contribution >= 0.6 is 0 Å². The molecule has 3 N–H and O–H groups in total. The molecule has 11 nitrogen and oxygen atoms in total. The zero-order valence-electron chi connectivity index (χ0n) is 14.2. The molecular weight excluding hydrogens is 411 g/mol. The van der Waals surface area contributed by atoms with Crippen molar-refractivity contribution < 1.29 is 60.5 Å². The third-order valence-corrected chi connectivity index (χ3v) is 6.20. The second-order valence-electron chi connectivity index (χ2n) is 5.93. The molecule has 2 saturated heterocycles. The van der Waals surface area contributed by atoms with Crippen LogP contribution in [0.15, 0.2) is 29.2 Å². The second-order valence-corrected chi connectivity index (χ2v) is 8.74. The summed E-state index contributed by atoms with van der Waals surface area (Å²) in [6.45, 7) is 0.207. The van der Waals surface area contributed by atoms with E-state index in [1.807, 2.05) is 0 Å². The molecule has 1 aromatic rings. The van der Waals surface area contributed by atoms with Crippen LogP contribution < -0.4 is 40.0 Å². The summed E-state index contributed by atoms with van der Waals surface area (Å²) in [5.41, 5.74) is 0.602. The number of hydrogen-bond acceptors (Lipinski definition) is 7. The molecule has 0 spiro atoms. The Balaban J connectivity index is 0.00000261. The van der Waals surface area contributed by atoms with E-state index in [0.717, 1.165) is 0 Å². The van der Waals surface area contributed by atoms with Crippen molar-refractivity contribution in [3.8, 4) is 0 Å². The molecule has 2 aliphatic rings. The van der Waals surface area contributed by atoms with Gasteiger partial charge in [-0.2, -0.15) is 0 Å². The number of nitrogens with two attached hydrogens (primary N) is 1. The van der Waals surface area contributed by atoms with Gasteiger partial charge in [0.2, 0.25) is 10.0 Å². The summed E-state index contributed by atoms with van der Waals surface area (Å²) in [4.78, 5) is 25.2. The Morgan fingerprint density at radius 1 is 1.22 bits per heavy atom. The fourth-order valence-corrected chi connectivity index (χ4v) is 4.51. The van der Waals surface area contributed by atoms with Crippen molar-refractivity contribution in [3.63, 3.8) is 0 Å². The number of β-lactam (4-membered cyclic amide) rings is 1. The van der Waals surface area contributed by atoms with Crippen molar-refractivity contribution in [2.24, 2.45) is 5.14 Å². The van der Waals surface area contributed by atoms with Gasteiger partial charge in [0.25, 0.3) is 5.91 Å². The first-order chi connectivity index (χ1) is 12.0. The molecule has 3 rings (SSSR count). The third kappa shape index (κ3) is 4.29. The van der Waals surface area contributed by atoms with Crippen LogP contribution in [0, 0.1) is 0 Å². The number of nitrogens with one attached hydrogen (secondary N) is 1. The van der Waals surface area contributed by atoms with Crippen molar-refractivity contribution in [2.45, 2.75) is 29.9 Å². The Morgan fingerprint density at radius 2 is 1.81 bits per heavy atom. The maximum absolute atomic E-state index is 12.2. The molecule has 2 atom stereocenters. The molecule has 2 heterocycles. The predicted molar refractivity (Wildman–Crippen MR) is 85.5 cm³/mol. The first kappa shape index (κ1) is 22.1. The van der Waals surface area contributed by atoms with Crippen molar-refractivity contribution in [1.29, 1.82) is 0 Å². The van der Waals surface area contributed by atoms with Crippen LogP contribution in [0.1, 0.15) is 12.0 Å². The first-order valence-corrected chi connectivity index (χ1v) is 10.4. The number of urea groups is 1.